The molecule has 0 bridgehead atoms. The molecule has 0 unspecified atom stereocenters. The van der Waals surface area contributed by atoms with Crippen LogP contribution in [0.3, 0.4) is 0 Å². The second kappa shape index (κ2) is 11.4. The summed E-state index contributed by atoms with van der Waals surface area (Å²) in [6.07, 6.45) is 6.46. The number of anilines is 3. The number of para-hydroxylation sites is 3. The molecule has 0 saturated carbocycles. The maximum absolute atomic E-state index is 10.7. The number of aromatic hydroxyl groups is 1. The van der Waals surface area contributed by atoms with E-state index in [-0.39, 0.29) is 0 Å². The minimum atomic E-state index is 0.303. The first-order valence-corrected chi connectivity index (χ1v) is 15.4. The molecular formula is C42H31NO2. The first-order chi connectivity index (χ1) is 22.3. The fraction of sp³-hybridized carbons (Fsp3) is 0.0476. The molecule has 3 heteroatoms. The van der Waals surface area contributed by atoms with E-state index in [9.17, 15) is 5.11 Å². The van der Waals surface area contributed by atoms with Gasteiger partial charge in [0.05, 0.1) is 16.8 Å². The Morgan fingerprint density at radius 1 is 0.489 bits per heavy atom. The zero-order valence-corrected chi connectivity index (χ0v) is 24.7. The summed E-state index contributed by atoms with van der Waals surface area (Å²) in [5, 5.41) is 12.9. The third-order valence-corrected chi connectivity index (χ3v) is 8.64. The van der Waals surface area contributed by atoms with Crippen molar-refractivity contribution in [1.29, 1.82) is 0 Å². The van der Waals surface area contributed by atoms with Crippen molar-refractivity contribution in [2.75, 3.05) is 4.90 Å². The lowest BCUT2D eigenvalue weighted by atomic mass is 9.87. The van der Waals surface area contributed by atoms with Gasteiger partial charge in [-0.1, -0.05) is 115 Å². The third kappa shape index (κ3) is 4.79. The summed E-state index contributed by atoms with van der Waals surface area (Å²) in [6, 6.07) is 50.1. The van der Waals surface area contributed by atoms with E-state index in [4.69, 9.17) is 4.42 Å². The van der Waals surface area contributed by atoms with Crippen LogP contribution in [-0.4, -0.2) is 5.11 Å². The van der Waals surface area contributed by atoms with Crippen LogP contribution in [0.25, 0.3) is 44.2 Å². The Kier molecular flexibility index (Phi) is 6.77. The summed E-state index contributed by atoms with van der Waals surface area (Å²) < 4.78 is 6.33. The number of hydrogen-bond acceptors (Lipinski definition) is 3. The topological polar surface area (TPSA) is 36.6 Å². The average Bonchev–Trinajstić information content (AvgIpc) is 3.49. The summed E-state index contributed by atoms with van der Waals surface area (Å²) in [7, 11) is 0. The van der Waals surface area contributed by atoms with Gasteiger partial charge in [0, 0.05) is 22.2 Å². The van der Waals surface area contributed by atoms with E-state index in [1.165, 1.54) is 0 Å². The monoisotopic (exact) mass is 581 g/mol. The van der Waals surface area contributed by atoms with Crippen LogP contribution in [0, 0.1) is 0 Å². The highest BCUT2D eigenvalue weighted by Crippen LogP contribution is 2.46. The lowest BCUT2D eigenvalue weighted by Crippen LogP contribution is -2.11. The third-order valence-electron chi connectivity index (χ3n) is 8.64. The molecule has 7 aromatic rings. The lowest BCUT2D eigenvalue weighted by molar-refractivity contribution is 0.473. The fourth-order valence-corrected chi connectivity index (χ4v) is 6.58. The molecule has 0 fully saturated rings. The van der Waals surface area contributed by atoms with Crippen LogP contribution >= 0.6 is 0 Å². The number of nitrogens with zero attached hydrogens (tertiary/aromatic N) is 1. The van der Waals surface area contributed by atoms with Gasteiger partial charge in [0.2, 0.25) is 0 Å². The van der Waals surface area contributed by atoms with Gasteiger partial charge in [0.1, 0.15) is 16.9 Å². The Bertz CT molecular complexity index is 2220. The van der Waals surface area contributed by atoms with Gasteiger partial charge in [0.25, 0.3) is 0 Å². The van der Waals surface area contributed by atoms with Gasteiger partial charge in [-0.3, -0.25) is 0 Å². The molecule has 8 rings (SSSR count). The molecule has 216 valence electrons. The minimum absolute atomic E-state index is 0.303. The number of furan rings is 1. The minimum Gasteiger partial charge on any atom is -0.507 e. The highest BCUT2D eigenvalue weighted by Gasteiger charge is 2.22. The molecular weight excluding hydrogens is 550 g/mol. The van der Waals surface area contributed by atoms with Gasteiger partial charge in [0.15, 0.2) is 0 Å². The highest BCUT2D eigenvalue weighted by atomic mass is 16.3. The van der Waals surface area contributed by atoms with E-state index in [0.29, 0.717) is 5.75 Å². The largest absolute Gasteiger partial charge is 0.507 e. The Hall–Kier alpha value is -5.80. The molecule has 0 spiro atoms. The van der Waals surface area contributed by atoms with Gasteiger partial charge in [-0.05, 0) is 77.6 Å². The van der Waals surface area contributed by atoms with E-state index in [2.05, 4.69) is 120 Å². The van der Waals surface area contributed by atoms with Crippen molar-refractivity contribution in [3.8, 4) is 16.9 Å². The van der Waals surface area contributed by atoms with E-state index >= 15 is 0 Å². The van der Waals surface area contributed by atoms with E-state index in [1.807, 2.05) is 36.4 Å². The quantitative estimate of drug-likeness (QED) is 0.212. The van der Waals surface area contributed by atoms with Crippen LogP contribution in [0.5, 0.6) is 5.75 Å². The summed E-state index contributed by atoms with van der Waals surface area (Å²) in [4.78, 5) is 2.35. The van der Waals surface area contributed by atoms with E-state index in [1.54, 1.807) is 6.07 Å². The van der Waals surface area contributed by atoms with Crippen molar-refractivity contribution >= 4 is 50.1 Å². The van der Waals surface area contributed by atoms with Crippen molar-refractivity contribution in [2.45, 2.75) is 12.8 Å². The molecule has 1 aromatic heterocycles. The number of fused-ring (bicyclic) bond motifs is 3. The van der Waals surface area contributed by atoms with Crippen molar-refractivity contribution in [2.24, 2.45) is 0 Å². The molecule has 45 heavy (non-hydrogen) atoms. The van der Waals surface area contributed by atoms with Gasteiger partial charge in [-0.25, -0.2) is 0 Å². The molecule has 1 N–H and O–H groups in total. The van der Waals surface area contributed by atoms with E-state index in [0.717, 1.165) is 85.2 Å². The molecule has 0 aliphatic heterocycles. The van der Waals surface area contributed by atoms with Crippen molar-refractivity contribution < 1.29 is 9.52 Å². The SMILES string of the molecule is Oc1ccccc1C1=CCCC=C1c1ccc(N(c2ccccc2-c2ccccc2)c2cccc3oc4ccccc4c23)cc1. The lowest BCUT2D eigenvalue weighted by Gasteiger charge is -2.29. The molecule has 1 aliphatic carbocycles. The smallest absolute Gasteiger partial charge is 0.137 e. The summed E-state index contributed by atoms with van der Waals surface area (Å²) in [5.74, 6) is 0.303. The second-order valence-corrected chi connectivity index (χ2v) is 11.3. The Labute approximate surface area is 262 Å². The first kappa shape index (κ1) is 26.8. The van der Waals surface area contributed by atoms with Crippen LogP contribution in [0.15, 0.2) is 162 Å². The highest BCUT2D eigenvalue weighted by molar-refractivity contribution is 6.14. The first-order valence-electron chi connectivity index (χ1n) is 15.4. The van der Waals surface area contributed by atoms with Gasteiger partial charge < -0.3 is 14.4 Å². The summed E-state index contributed by atoms with van der Waals surface area (Å²) in [6.45, 7) is 0. The van der Waals surface area contributed by atoms with Gasteiger partial charge in [-0.2, -0.15) is 0 Å². The number of phenols is 1. The van der Waals surface area contributed by atoms with Crippen LogP contribution in [0.4, 0.5) is 17.1 Å². The molecule has 6 aromatic carbocycles. The number of hydrogen-bond donors (Lipinski definition) is 1. The second-order valence-electron chi connectivity index (χ2n) is 11.3. The van der Waals surface area contributed by atoms with Gasteiger partial charge >= 0.3 is 0 Å². The molecule has 0 amide bonds. The maximum Gasteiger partial charge on any atom is 0.137 e. The van der Waals surface area contributed by atoms with Gasteiger partial charge in [-0.15, -0.1) is 0 Å². The van der Waals surface area contributed by atoms with Crippen LogP contribution in [0.1, 0.15) is 24.0 Å². The van der Waals surface area contributed by atoms with Crippen molar-refractivity contribution in [3.05, 3.63) is 169 Å². The number of benzene rings is 6. The Morgan fingerprint density at radius 2 is 1.13 bits per heavy atom. The summed E-state index contributed by atoms with van der Waals surface area (Å²) in [5.41, 5.74) is 11.4. The predicted octanol–water partition coefficient (Wildman–Crippen LogP) is 11.7. The molecule has 0 radical (unpaired) electrons. The van der Waals surface area contributed by atoms with Crippen LogP contribution < -0.4 is 4.90 Å². The maximum atomic E-state index is 10.7. The molecule has 1 aliphatic rings. The zero-order valence-electron chi connectivity index (χ0n) is 24.7. The standard InChI is InChI=1S/C42H31NO2/c44-39-22-10-7-18-35(39)34-17-5-4-15-32(34)30-25-27-31(28-26-30)43(37-20-9-6-16-33(37)29-13-2-1-3-14-29)38-21-12-24-41-42(38)36-19-8-11-23-40(36)45-41/h1-3,6-28,44H,4-5H2. The van der Waals surface area contributed by atoms with E-state index < -0.39 is 0 Å². The van der Waals surface area contributed by atoms with Crippen molar-refractivity contribution in [1.82, 2.24) is 0 Å². The molecule has 3 nitrogen and oxygen atoms in total. The Balaban J connectivity index is 1.31. The fourth-order valence-electron chi connectivity index (χ4n) is 6.58. The average molecular weight is 582 g/mol. The number of rotatable bonds is 6. The van der Waals surface area contributed by atoms with Crippen LogP contribution in [-0.2, 0) is 0 Å². The number of phenolic OH excluding ortho intramolecular Hbond substituents is 1. The molecule has 0 atom stereocenters. The van der Waals surface area contributed by atoms with Crippen LogP contribution in [0.2, 0.25) is 0 Å². The normalized spacial score (nSPS) is 13.1. The molecule has 0 saturated heterocycles. The predicted molar refractivity (Wildman–Crippen MR) is 187 cm³/mol. The zero-order chi connectivity index (χ0) is 30.2. The number of allylic oxidation sites excluding steroid dienone is 4. The molecule has 1 heterocycles. The summed E-state index contributed by atoms with van der Waals surface area (Å²) >= 11 is 0. The Morgan fingerprint density at radius 3 is 1.96 bits per heavy atom. The van der Waals surface area contributed by atoms with Crippen molar-refractivity contribution in [3.63, 3.8) is 0 Å².